The first-order chi connectivity index (χ1) is 15.5. The van der Waals surface area contributed by atoms with E-state index in [0.29, 0.717) is 17.0 Å². The molecule has 170 valence electrons. The Morgan fingerprint density at radius 3 is 2.56 bits per heavy atom. The number of amides is 1. The molecular formula is C23H28N4O3S2. The summed E-state index contributed by atoms with van der Waals surface area (Å²) in [5.41, 5.74) is 2.63. The molecule has 0 saturated heterocycles. The van der Waals surface area contributed by atoms with Crippen molar-refractivity contribution in [3.05, 3.63) is 57.7 Å². The molecule has 0 spiro atoms. The summed E-state index contributed by atoms with van der Waals surface area (Å²) in [6.07, 6.45) is 2.37. The van der Waals surface area contributed by atoms with Gasteiger partial charge < -0.3 is 14.6 Å². The van der Waals surface area contributed by atoms with Crippen LogP contribution < -0.4 is 5.32 Å². The topological polar surface area (TPSA) is 86.1 Å². The monoisotopic (exact) mass is 472 g/mol. The minimum absolute atomic E-state index is 0.176. The molecule has 9 heteroatoms. The third-order valence-corrected chi connectivity index (χ3v) is 7.16. The van der Waals surface area contributed by atoms with Crippen LogP contribution >= 0.6 is 23.1 Å². The van der Waals surface area contributed by atoms with Crippen LogP contribution in [0.4, 0.5) is 5.00 Å². The molecule has 2 aromatic heterocycles. The van der Waals surface area contributed by atoms with Gasteiger partial charge in [-0.2, -0.15) is 0 Å². The summed E-state index contributed by atoms with van der Waals surface area (Å²) in [5.74, 6) is 0.465. The molecule has 0 radical (unpaired) electrons. The van der Waals surface area contributed by atoms with Crippen LogP contribution in [-0.4, -0.2) is 39.5 Å². The lowest BCUT2D eigenvalue weighted by Gasteiger charge is -2.08. The van der Waals surface area contributed by atoms with Crippen molar-refractivity contribution >= 4 is 40.0 Å². The fourth-order valence-corrected chi connectivity index (χ4v) is 5.50. The van der Waals surface area contributed by atoms with Gasteiger partial charge in [-0.3, -0.25) is 4.79 Å². The first kappa shape index (κ1) is 24.0. The summed E-state index contributed by atoms with van der Waals surface area (Å²) in [5, 5.41) is 12.8. The van der Waals surface area contributed by atoms with Crippen LogP contribution in [0, 0.1) is 6.92 Å². The van der Waals surface area contributed by atoms with Crippen molar-refractivity contribution in [3.63, 3.8) is 0 Å². The van der Waals surface area contributed by atoms with E-state index in [1.54, 1.807) is 0 Å². The predicted octanol–water partition coefficient (Wildman–Crippen LogP) is 4.53. The number of carbonyl (C=O) groups is 2. The third-order valence-electron chi connectivity index (χ3n) is 5.13. The summed E-state index contributed by atoms with van der Waals surface area (Å²) in [6, 6.07) is 10.3. The van der Waals surface area contributed by atoms with Gasteiger partial charge in [-0.15, -0.1) is 21.5 Å². The Balaban J connectivity index is 1.64. The molecule has 0 aliphatic carbocycles. The molecule has 0 fully saturated rings. The van der Waals surface area contributed by atoms with Crippen LogP contribution in [0.15, 0.2) is 35.5 Å². The zero-order chi connectivity index (χ0) is 23.1. The van der Waals surface area contributed by atoms with Gasteiger partial charge >= 0.3 is 5.97 Å². The molecule has 1 N–H and O–H groups in total. The summed E-state index contributed by atoms with van der Waals surface area (Å²) in [4.78, 5) is 25.9. The Labute approximate surface area is 196 Å². The molecule has 0 bridgehead atoms. The number of hydrogen-bond donors (Lipinski definition) is 1. The van der Waals surface area contributed by atoms with E-state index < -0.39 is 5.97 Å². The number of aryl methyl sites for hydroxylation is 3. The van der Waals surface area contributed by atoms with Crippen LogP contribution in [0.5, 0.6) is 0 Å². The van der Waals surface area contributed by atoms with Gasteiger partial charge in [0.15, 0.2) is 5.16 Å². The molecule has 2 heterocycles. The van der Waals surface area contributed by atoms with E-state index in [1.165, 1.54) is 35.8 Å². The van der Waals surface area contributed by atoms with Crippen LogP contribution in [0.1, 0.15) is 46.0 Å². The van der Waals surface area contributed by atoms with Crippen LogP contribution in [0.2, 0.25) is 0 Å². The number of hydrogen-bond acceptors (Lipinski definition) is 7. The van der Waals surface area contributed by atoms with E-state index in [-0.39, 0.29) is 11.7 Å². The molecule has 0 atom stereocenters. The average Bonchev–Trinajstić information content (AvgIpc) is 3.35. The minimum atomic E-state index is -0.428. The number of carbonyl (C=O) groups excluding carboxylic acids is 2. The number of benzene rings is 1. The van der Waals surface area contributed by atoms with E-state index in [1.807, 2.05) is 43.5 Å². The fourth-order valence-electron chi connectivity index (χ4n) is 3.53. The first-order valence-corrected chi connectivity index (χ1v) is 12.4. The Hall–Kier alpha value is -2.65. The SMILES string of the molecule is CCc1c(C)sc(NC(=O)CSc2nnc(CCc3ccccc3)n2CC)c1C(=O)OC. The number of methoxy groups -OCH3 is 1. The van der Waals surface area contributed by atoms with Crippen molar-refractivity contribution in [2.45, 2.75) is 51.7 Å². The van der Waals surface area contributed by atoms with Gasteiger partial charge in [0.25, 0.3) is 0 Å². The molecule has 0 unspecified atom stereocenters. The normalized spacial score (nSPS) is 10.9. The van der Waals surface area contributed by atoms with Gasteiger partial charge in [-0.1, -0.05) is 49.0 Å². The molecule has 7 nitrogen and oxygen atoms in total. The van der Waals surface area contributed by atoms with E-state index >= 15 is 0 Å². The highest BCUT2D eigenvalue weighted by atomic mass is 32.2. The lowest BCUT2D eigenvalue weighted by Crippen LogP contribution is -2.16. The number of rotatable bonds is 10. The van der Waals surface area contributed by atoms with Crippen molar-refractivity contribution in [1.29, 1.82) is 0 Å². The number of nitrogens with zero attached hydrogens (tertiary/aromatic N) is 3. The number of nitrogens with one attached hydrogen (secondary N) is 1. The van der Waals surface area contributed by atoms with Gasteiger partial charge in [0.2, 0.25) is 5.91 Å². The predicted molar refractivity (Wildman–Crippen MR) is 129 cm³/mol. The van der Waals surface area contributed by atoms with E-state index in [0.717, 1.165) is 40.8 Å². The molecule has 0 aliphatic rings. The van der Waals surface area contributed by atoms with Crippen LogP contribution in [-0.2, 0) is 35.3 Å². The standard InChI is InChI=1S/C23H28N4O3S2/c1-5-17-15(3)32-21(20(17)22(29)30-4)24-19(28)14-31-23-26-25-18(27(23)6-2)13-12-16-10-8-7-9-11-16/h7-11H,5-6,12-14H2,1-4H3,(H,24,28). The number of anilines is 1. The number of aromatic nitrogens is 3. The maximum Gasteiger partial charge on any atom is 0.341 e. The van der Waals surface area contributed by atoms with Crippen molar-refractivity contribution in [2.24, 2.45) is 0 Å². The summed E-state index contributed by atoms with van der Waals surface area (Å²) < 4.78 is 6.97. The van der Waals surface area contributed by atoms with E-state index in [9.17, 15) is 9.59 Å². The molecule has 3 aromatic rings. The molecule has 1 amide bonds. The lowest BCUT2D eigenvalue weighted by molar-refractivity contribution is -0.113. The van der Waals surface area contributed by atoms with Crippen LogP contribution in [0.3, 0.4) is 0 Å². The summed E-state index contributed by atoms with van der Waals surface area (Å²) >= 11 is 2.74. The van der Waals surface area contributed by atoms with Gasteiger partial charge in [-0.25, -0.2) is 4.79 Å². The van der Waals surface area contributed by atoms with Crippen LogP contribution in [0.25, 0.3) is 0 Å². The van der Waals surface area contributed by atoms with Gasteiger partial charge in [0, 0.05) is 17.8 Å². The Kier molecular flexibility index (Phi) is 8.46. The van der Waals surface area contributed by atoms with Crippen molar-refractivity contribution in [3.8, 4) is 0 Å². The molecule has 1 aromatic carbocycles. The summed E-state index contributed by atoms with van der Waals surface area (Å²) in [7, 11) is 1.35. The van der Waals surface area contributed by atoms with Gasteiger partial charge in [0.05, 0.1) is 18.4 Å². The van der Waals surface area contributed by atoms with Crippen molar-refractivity contribution in [2.75, 3.05) is 18.2 Å². The second-order valence-electron chi connectivity index (χ2n) is 7.15. The Bertz CT molecular complexity index is 1080. The summed E-state index contributed by atoms with van der Waals surface area (Å²) in [6.45, 7) is 6.71. The second-order valence-corrected chi connectivity index (χ2v) is 9.32. The maximum atomic E-state index is 12.6. The minimum Gasteiger partial charge on any atom is -0.465 e. The number of thioether (sulfide) groups is 1. The van der Waals surface area contributed by atoms with Gasteiger partial charge in [-0.05, 0) is 37.8 Å². The fraction of sp³-hybridized carbons (Fsp3) is 0.391. The van der Waals surface area contributed by atoms with E-state index in [2.05, 4.69) is 27.6 Å². The zero-order valence-electron chi connectivity index (χ0n) is 18.8. The maximum absolute atomic E-state index is 12.6. The number of thiophene rings is 1. The van der Waals surface area contributed by atoms with E-state index in [4.69, 9.17) is 4.74 Å². The largest absolute Gasteiger partial charge is 0.465 e. The highest BCUT2D eigenvalue weighted by molar-refractivity contribution is 7.99. The Morgan fingerprint density at radius 1 is 1.16 bits per heavy atom. The van der Waals surface area contributed by atoms with Gasteiger partial charge in [0.1, 0.15) is 10.8 Å². The Morgan fingerprint density at radius 2 is 1.91 bits per heavy atom. The highest BCUT2D eigenvalue weighted by Gasteiger charge is 2.23. The molecule has 0 saturated carbocycles. The zero-order valence-corrected chi connectivity index (χ0v) is 20.4. The second kappa shape index (κ2) is 11.3. The molecule has 3 rings (SSSR count). The molecular weight excluding hydrogens is 444 g/mol. The first-order valence-electron chi connectivity index (χ1n) is 10.6. The number of esters is 1. The lowest BCUT2D eigenvalue weighted by atomic mass is 10.1. The quantitative estimate of drug-likeness (QED) is 0.345. The average molecular weight is 473 g/mol. The third kappa shape index (κ3) is 5.58. The molecule has 32 heavy (non-hydrogen) atoms. The van der Waals surface area contributed by atoms with Crippen molar-refractivity contribution < 1.29 is 14.3 Å². The smallest absolute Gasteiger partial charge is 0.341 e. The highest BCUT2D eigenvalue weighted by Crippen LogP contribution is 2.34. The molecule has 0 aliphatic heterocycles. The van der Waals surface area contributed by atoms with Crippen molar-refractivity contribution in [1.82, 2.24) is 14.8 Å². The number of ether oxygens (including phenoxy) is 1.